The molecule has 1 saturated heterocycles. The zero-order chi connectivity index (χ0) is 17.5. The first-order valence-electron chi connectivity index (χ1n) is 8.98. The number of benzene rings is 1. The van der Waals surface area contributed by atoms with Gasteiger partial charge >= 0.3 is 0 Å². The number of hydrogen-bond donors (Lipinski definition) is 1. The van der Waals surface area contributed by atoms with Crippen molar-refractivity contribution < 1.29 is 9.59 Å². The van der Waals surface area contributed by atoms with Crippen LogP contribution in [0.4, 0.5) is 0 Å². The van der Waals surface area contributed by atoms with Crippen LogP contribution in [-0.2, 0) is 11.3 Å². The highest BCUT2D eigenvalue weighted by atomic mass is 16.2. The van der Waals surface area contributed by atoms with Crippen molar-refractivity contribution in [2.75, 3.05) is 19.6 Å². The first-order valence-corrected chi connectivity index (χ1v) is 8.98. The third-order valence-electron chi connectivity index (χ3n) is 4.59. The maximum atomic E-state index is 12.2. The Hall–Kier alpha value is -2.56. The molecular weight excluding hydrogens is 314 g/mol. The third-order valence-corrected chi connectivity index (χ3v) is 4.59. The molecule has 3 rings (SSSR count). The van der Waals surface area contributed by atoms with Crippen molar-refractivity contribution in [3.63, 3.8) is 0 Å². The highest BCUT2D eigenvalue weighted by molar-refractivity contribution is 5.94. The summed E-state index contributed by atoms with van der Waals surface area (Å²) in [6, 6.07) is 11.7. The number of amides is 2. The van der Waals surface area contributed by atoms with E-state index in [1.165, 1.54) is 0 Å². The van der Waals surface area contributed by atoms with Gasteiger partial charge < -0.3 is 14.8 Å². The lowest BCUT2D eigenvalue weighted by atomic mass is 10.1. The summed E-state index contributed by atoms with van der Waals surface area (Å²) in [6.07, 6.45) is 7.83. The van der Waals surface area contributed by atoms with Crippen molar-refractivity contribution in [3.8, 4) is 0 Å². The van der Waals surface area contributed by atoms with Gasteiger partial charge in [0.05, 0.1) is 0 Å². The molecule has 1 aromatic heterocycles. The predicted molar refractivity (Wildman–Crippen MR) is 97.4 cm³/mol. The minimum absolute atomic E-state index is 0.0882. The molecule has 0 atom stereocenters. The Morgan fingerprint density at radius 2 is 1.80 bits per heavy atom. The van der Waals surface area contributed by atoms with Crippen molar-refractivity contribution in [2.24, 2.45) is 0 Å². The van der Waals surface area contributed by atoms with E-state index in [0.717, 1.165) is 37.9 Å². The molecule has 2 amide bonds. The number of carbonyl (C=O) groups excluding carboxylic acids is 2. The topological polar surface area (TPSA) is 54.3 Å². The van der Waals surface area contributed by atoms with Gasteiger partial charge in [0.2, 0.25) is 5.91 Å². The fraction of sp³-hybridized carbons (Fsp3) is 0.400. The van der Waals surface area contributed by atoms with Crippen molar-refractivity contribution in [2.45, 2.75) is 32.2 Å². The minimum atomic E-state index is -0.0882. The monoisotopic (exact) mass is 339 g/mol. The largest absolute Gasteiger partial charge is 0.350 e. The second-order valence-electron chi connectivity index (χ2n) is 6.50. The molecule has 1 fully saturated rings. The Morgan fingerprint density at radius 1 is 1.04 bits per heavy atom. The summed E-state index contributed by atoms with van der Waals surface area (Å²) >= 11 is 0. The molecule has 1 aliphatic rings. The van der Waals surface area contributed by atoms with E-state index in [2.05, 4.69) is 9.88 Å². The zero-order valence-corrected chi connectivity index (χ0v) is 14.5. The Labute approximate surface area is 148 Å². The second-order valence-corrected chi connectivity index (χ2v) is 6.50. The zero-order valence-electron chi connectivity index (χ0n) is 14.5. The van der Waals surface area contributed by atoms with Gasteiger partial charge in [0.1, 0.15) is 0 Å². The van der Waals surface area contributed by atoms with E-state index in [4.69, 9.17) is 0 Å². The number of nitrogens with one attached hydrogen (secondary N) is 1. The molecule has 0 radical (unpaired) electrons. The Balaban J connectivity index is 1.47. The van der Waals surface area contributed by atoms with Crippen LogP contribution in [0.3, 0.4) is 0 Å². The van der Waals surface area contributed by atoms with Crippen LogP contribution in [-0.4, -0.2) is 40.9 Å². The number of aromatic nitrogens is 1. The molecule has 0 unspecified atom stereocenters. The predicted octanol–water partition coefficient (Wildman–Crippen LogP) is 2.67. The van der Waals surface area contributed by atoms with Crippen LogP contribution in [0.25, 0.3) is 0 Å². The quantitative estimate of drug-likeness (QED) is 0.880. The van der Waals surface area contributed by atoms with Crippen LogP contribution in [0.2, 0.25) is 0 Å². The molecule has 5 heteroatoms. The molecule has 132 valence electrons. The summed E-state index contributed by atoms with van der Waals surface area (Å²) in [5, 5.41) is 2.91. The van der Waals surface area contributed by atoms with E-state index < -0.39 is 0 Å². The third kappa shape index (κ3) is 4.95. The maximum Gasteiger partial charge on any atom is 0.251 e. The van der Waals surface area contributed by atoms with Crippen molar-refractivity contribution >= 4 is 11.8 Å². The standard InChI is InChI=1S/C20H25N3O2/c24-19-6-2-1-3-14-23(19)15-11-21-20(25)18-9-7-17(8-10-18)16-22-12-4-5-13-22/h4-5,7-10,12-13H,1-3,6,11,14-16H2,(H,21,25). The van der Waals surface area contributed by atoms with E-state index in [1.807, 2.05) is 53.7 Å². The highest BCUT2D eigenvalue weighted by Gasteiger charge is 2.16. The molecule has 1 N–H and O–H groups in total. The molecule has 1 aromatic carbocycles. The minimum Gasteiger partial charge on any atom is -0.350 e. The maximum absolute atomic E-state index is 12.2. The molecule has 25 heavy (non-hydrogen) atoms. The van der Waals surface area contributed by atoms with Crippen LogP contribution in [0.1, 0.15) is 41.6 Å². The second kappa shape index (κ2) is 8.51. The van der Waals surface area contributed by atoms with Gasteiger partial charge in [-0.1, -0.05) is 18.6 Å². The molecule has 5 nitrogen and oxygen atoms in total. The van der Waals surface area contributed by atoms with Gasteiger partial charge in [-0.3, -0.25) is 9.59 Å². The van der Waals surface area contributed by atoms with Gasteiger partial charge in [0.15, 0.2) is 0 Å². The van der Waals surface area contributed by atoms with E-state index >= 15 is 0 Å². The first kappa shape index (κ1) is 17.3. The summed E-state index contributed by atoms with van der Waals surface area (Å²) in [6.45, 7) is 2.70. The van der Waals surface area contributed by atoms with Gasteiger partial charge in [0.25, 0.3) is 5.91 Å². The van der Waals surface area contributed by atoms with Gasteiger partial charge in [-0.25, -0.2) is 0 Å². The molecule has 0 saturated carbocycles. The Bertz CT molecular complexity index is 692. The smallest absolute Gasteiger partial charge is 0.251 e. The fourth-order valence-electron chi connectivity index (χ4n) is 3.13. The van der Waals surface area contributed by atoms with Gasteiger partial charge in [-0.15, -0.1) is 0 Å². The number of carbonyl (C=O) groups is 2. The van der Waals surface area contributed by atoms with E-state index in [9.17, 15) is 9.59 Å². The van der Waals surface area contributed by atoms with Crippen molar-refractivity contribution in [1.82, 2.24) is 14.8 Å². The van der Waals surface area contributed by atoms with Crippen molar-refractivity contribution in [1.29, 1.82) is 0 Å². The summed E-state index contributed by atoms with van der Waals surface area (Å²) < 4.78 is 2.09. The summed E-state index contributed by atoms with van der Waals surface area (Å²) in [5.74, 6) is 0.121. The average molecular weight is 339 g/mol. The van der Waals surface area contributed by atoms with Gasteiger partial charge in [-0.05, 0) is 42.7 Å². The van der Waals surface area contributed by atoms with Gasteiger partial charge in [0, 0.05) is 50.6 Å². The summed E-state index contributed by atoms with van der Waals surface area (Å²) in [5.41, 5.74) is 1.81. The molecule has 1 aliphatic heterocycles. The highest BCUT2D eigenvalue weighted by Crippen LogP contribution is 2.10. The lowest BCUT2D eigenvalue weighted by Crippen LogP contribution is -2.38. The lowest BCUT2D eigenvalue weighted by molar-refractivity contribution is -0.130. The Morgan fingerprint density at radius 3 is 2.56 bits per heavy atom. The Kier molecular flexibility index (Phi) is 5.88. The lowest BCUT2D eigenvalue weighted by Gasteiger charge is -2.20. The fourth-order valence-corrected chi connectivity index (χ4v) is 3.13. The number of rotatable bonds is 6. The SMILES string of the molecule is O=C(NCCN1CCCCCC1=O)c1ccc(Cn2cccc2)cc1. The summed E-state index contributed by atoms with van der Waals surface area (Å²) in [7, 11) is 0. The number of hydrogen-bond acceptors (Lipinski definition) is 2. The number of nitrogens with zero attached hydrogens (tertiary/aromatic N) is 2. The van der Waals surface area contributed by atoms with Gasteiger partial charge in [-0.2, -0.15) is 0 Å². The van der Waals surface area contributed by atoms with Crippen LogP contribution >= 0.6 is 0 Å². The molecule has 0 bridgehead atoms. The van der Waals surface area contributed by atoms with E-state index in [-0.39, 0.29) is 11.8 Å². The molecule has 2 heterocycles. The van der Waals surface area contributed by atoms with Crippen molar-refractivity contribution in [3.05, 3.63) is 59.9 Å². The number of likely N-dealkylation sites (tertiary alicyclic amines) is 1. The molecule has 0 spiro atoms. The first-order chi connectivity index (χ1) is 12.2. The van der Waals surface area contributed by atoms with Crippen LogP contribution in [0, 0.1) is 0 Å². The molecule has 0 aliphatic carbocycles. The molecular formula is C20H25N3O2. The summed E-state index contributed by atoms with van der Waals surface area (Å²) in [4.78, 5) is 26.1. The normalized spacial score (nSPS) is 15.0. The van der Waals surface area contributed by atoms with E-state index in [0.29, 0.717) is 25.1 Å². The van der Waals surface area contributed by atoms with E-state index in [1.54, 1.807) is 0 Å². The van der Waals surface area contributed by atoms with Crippen LogP contribution in [0.5, 0.6) is 0 Å². The molecule has 2 aromatic rings. The average Bonchev–Trinajstić information content (AvgIpc) is 3.04. The van der Waals surface area contributed by atoms with Crippen LogP contribution < -0.4 is 5.32 Å². The van der Waals surface area contributed by atoms with Crippen LogP contribution in [0.15, 0.2) is 48.8 Å².